The van der Waals surface area contributed by atoms with Gasteiger partial charge in [-0.1, -0.05) is 54.9 Å². The summed E-state index contributed by atoms with van der Waals surface area (Å²) in [4.78, 5) is 0. The Balaban J connectivity index is 2.50. The van der Waals surface area contributed by atoms with E-state index < -0.39 is 0 Å². The molecule has 1 rings (SSSR count). The second-order valence-corrected chi connectivity index (χ2v) is 7.95. The maximum Gasteiger partial charge on any atom is 0.0207 e. The van der Waals surface area contributed by atoms with Crippen LogP contribution in [0.5, 0.6) is 0 Å². The van der Waals surface area contributed by atoms with Gasteiger partial charge in [-0.2, -0.15) is 11.8 Å². The van der Waals surface area contributed by atoms with E-state index in [4.69, 9.17) is 0 Å². The molecule has 0 aliphatic rings. The second-order valence-electron chi connectivity index (χ2n) is 5.70. The van der Waals surface area contributed by atoms with Crippen molar-refractivity contribution < 1.29 is 0 Å². The van der Waals surface area contributed by atoms with Crippen LogP contribution in [0.4, 0.5) is 0 Å². The SMILES string of the molecule is CCSCCC(CNCC(C)C)Cc1ccccc1Br. The Morgan fingerprint density at radius 1 is 1.20 bits per heavy atom. The fraction of sp³-hybridized carbons (Fsp3) is 0.647. The van der Waals surface area contributed by atoms with E-state index in [-0.39, 0.29) is 0 Å². The minimum Gasteiger partial charge on any atom is -0.316 e. The summed E-state index contributed by atoms with van der Waals surface area (Å²) in [5.41, 5.74) is 1.44. The summed E-state index contributed by atoms with van der Waals surface area (Å²) in [6, 6.07) is 8.62. The molecule has 0 spiro atoms. The van der Waals surface area contributed by atoms with Crippen LogP contribution >= 0.6 is 27.7 Å². The van der Waals surface area contributed by atoms with Gasteiger partial charge in [-0.3, -0.25) is 0 Å². The summed E-state index contributed by atoms with van der Waals surface area (Å²) in [6.07, 6.45) is 2.46. The molecule has 0 radical (unpaired) electrons. The average molecular weight is 358 g/mol. The van der Waals surface area contributed by atoms with Crippen molar-refractivity contribution in [2.45, 2.75) is 33.6 Å². The van der Waals surface area contributed by atoms with Gasteiger partial charge in [0.25, 0.3) is 0 Å². The second kappa shape index (κ2) is 10.7. The third-order valence-corrected chi connectivity index (χ3v) is 5.03. The van der Waals surface area contributed by atoms with Gasteiger partial charge >= 0.3 is 0 Å². The van der Waals surface area contributed by atoms with E-state index in [1.165, 1.54) is 28.0 Å². The van der Waals surface area contributed by atoms with Gasteiger partial charge in [0, 0.05) is 4.47 Å². The fourth-order valence-corrected chi connectivity index (χ4v) is 3.46. The highest BCUT2D eigenvalue weighted by molar-refractivity contribution is 9.10. The van der Waals surface area contributed by atoms with Crippen LogP contribution in [0.3, 0.4) is 0 Å². The number of hydrogen-bond acceptors (Lipinski definition) is 2. The number of halogens is 1. The van der Waals surface area contributed by atoms with Crippen molar-refractivity contribution >= 4 is 27.7 Å². The van der Waals surface area contributed by atoms with Gasteiger partial charge in [0.2, 0.25) is 0 Å². The smallest absolute Gasteiger partial charge is 0.0207 e. The third-order valence-electron chi connectivity index (χ3n) is 3.33. The van der Waals surface area contributed by atoms with Crippen molar-refractivity contribution in [1.82, 2.24) is 5.32 Å². The van der Waals surface area contributed by atoms with Crippen LogP contribution in [0.2, 0.25) is 0 Å². The predicted molar refractivity (Wildman–Crippen MR) is 96.7 cm³/mol. The zero-order valence-electron chi connectivity index (χ0n) is 13.0. The lowest BCUT2D eigenvalue weighted by molar-refractivity contribution is 0.439. The third kappa shape index (κ3) is 7.70. The van der Waals surface area contributed by atoms with Gasteiger partial charge < -0.3 is 5.32 Å². The Kier molecular flexibility index (Phi) is 9.66. The number of nitrogens with one attached hydrogen (secondary N) is 1. The first-order chi connectivity index (χ1) is 9.63. The number of hydrogen-bond donors (Lipinski definition) is 1. The summed E-state index contributed by atoms with van der Waals surface area (Å²) in [5, 5.41) is 3.63. The lowest BCUT2D eigenvalue weighted by atomic mass is 9.96. The summed E-state index contributed by atoms with van der Waals surface area (Å²) < 4.78 is 1.25. The summed E-state index contributed by atoms with van der Waals surface area (Å²) >= 11 is 5.72. The number of benzene rings is 1. The van der Waals surface area contributed by atoms with Gasteiger partial charge in [0.15, 0.2) is 0 Å². The van der Waals surface area contributed by atoms with Crippen LogP contribution in [0.1, 0.15) is 32.8 Å². The van der Waals surface area contributed by atoms with E-state index in [2.05, 4.69) is 78.0 Å². The van der Waals surface area contributed by atoms with Crippen molar-refractivity contribution in [3.05, 3.63) is 34.3 Å². The van der Waals surface area contributed by atoms with Crippen molar-refractivity contribution in [2.75, 3.05) is 24.6 Å². The average Bonchev–Trinajstić information content (AvgIpc) is 2.41. The lowest BCUT2D eigenvalue weighted by Crippen LogP contribution is -2.28. The Bertz CT molecular complexity index is 368. The van der Waals surface area contributed by atoms with Gasteiger partial charge in [-0.15, -0.1) is 0 Å². The molecule has 1 unspecified atom stereocenters. The monoisotopic (exact) mass is 357 g/mol. The first kappa shape index (κ1) is 18.1. The molecule has 1 nitrogen and oxygen atoms in total. The zero-order valence-corrected chi connectivity index (χ0v) is 15.4. The van der Waals surface area contributed by atoms with E-state index in [9.17, 15) is 0 Å². The molecule has 0 fully saturated rings. The molecule has 114 valence electrons. The summed E-state index contributed by atoms with van der Waals surface area (Å²) in [6.45, 7) is 9.02. The molecule has 1 atom stereocenters. The first-order valence-electron chi connectivity index (χ1n) is 7.65. The van der Waals surface area contributed by atoms with Gasteiger partial charge in [-0.05, 0) is 60.9 Å². The van der Waals surface area contributed by atoms with Crippen LogP contribution in [0.15, 0.2) is 28.7 Å². The Morgan fingerprint density at radius 3 is 2.60 bits per heavy atom. The highest BCUT2D eigenvalue weighted by Crippen LogP contribution is 2.22. The molecule has 1 aromatic rings. The normalized spacial score (nSPS) is 12.8. The molecule has 0 saturated carbocycles. The topological polar surface area (TPSA) is 12.0 Å². The van der Waals surface area contributed by atoms with E-state index in [0.717, 1.165) is 31.3 Å². The van der Waals surface area contributed by atoms with Gasteiger partial charge in [-0.25, -0.2) is 0 Å². The van der Waals surface area contributed by atoms with E-state index >= 15 is 0 Å². The van der Waals surface area contributed by atoms with Crippen molar-refractivity contribution in [1.29, 1.82) is 0 Å². The van der Waals surface area contributed by atoms with Crippen LogP contribution in [0.25, 0.3) is 0 Å². The number of rotatable bonds is 10. The van der Waals surface area contributed by atoms with Crippen molar-refractivity contribution in [2.24, 2.45) is 11.8 Å². The summed E-state index contributed by atoms with van der Waals surface area (Å²) in [5.74, 6) is 3.95. The summed E-state index contributed by atoms with van der Waals surface area (Å²) in [7, 11) is 0. The molecule has 3 heteroatoms. The quantitative estimate of drug-likeness (QED) is 0.591. The van der Waals surface area contributed by atoms with Gasteiger partial charge in [0.05, 0.1) is 0 Å². The molecule has 0 saturated heterocycles. The molecule has 0 aromatic heterocycles. The van der Waals surface area contributed by atoms with Gasteiger partial charge in [0.1, 0.15) is 0 Å². The highest BCUT2D eigenvalue weighted by atomic mass is 79.9. The minimum absolute atomic E-state index is 0.726. The van der Waals surface area contributed by atoms with E-state index in [0.29, 0.717) is 0 Å². The molecule has 20 heavy (non-hydrogen) atoms. The molecule has 0 bridgehead atoms. The molecule has 1 N–H and O–H groups in total. The molecular weight excluding hydrogens is 330 g/mol. The molecule has 0 aliphatic heterocycles. The zero-order chi connectivity index (χ0) is 14.8. The largest absolute Gasteiger partial charge is 0.316 e. The Hall–Kier alpha value is 0.01000. The van der Waals surface area contributed by atoms with Crippen LogP contribution in [-0.4, -0.2) is 24.6 Å². The highest BCUT2D eigenvalue weighted by Gasteiger charge is 2.11. The van der Waals surface area contributed by atoms with Crippen LogP contribution in [0, 0.1) is 11.8 Å². The maximum atomic E-state index is 3.67. The Labute approximate surface area is 137 Å². The predicted octanol–water partition coefficient (Wildman–Crippen LogP) is 5.00. The van der Waals surface area contributed by atoms with Crippen LogP contribution in [-0.2, 0) is 6.42 Å². The van der Waals surface area contributed by atoms with Crippen molar-refractivity contribution in [3.63, 3.8) is 0 Å². The van der Waals surface area contributed by atoms with Crippen LogP contribution < -0.4 is 5.32 Å². The minimum atomic E-state index is 0.726. The molecule has 0 heterocycles. The molecular formula is C17H28BrNS. The first-order valence-corrected chi connectivity index (χ1v) is 9.60. The molecule has 0 amide bonds. The van der Waals surface area contributed by atoms with Crippen molar-refractivity contribution in [3.8, 4) is 0 Å². The van der Waals surface area contributed by atoms with E-state index in [1.807, 2.05) is 0 Å². The fourth-order valence-electron chi connectivity index (χ4n) is 2.22. The lowest BCUT2D eigenvalue weighted by Gasteiger charge is -2.19. The standard InChI is InChI=1S/C17H28BrNS/c1-4-20-10-9-15(13-19-12-14(2)3)11-16-7-5-6-8-17(16)18/h5-8,14-15,19H,4,9-13H2,1-3H3. The maximum absolute atomic E-state index is 3.67. The number of thioether (sulfide) groups is 1. The van der Waals surface area contributed by atoms with E-state index in [1.54, 1.807) is 0 Å². The molecule has 0 aliphatic carbocycles. The molecule has 1 aromatic carbocycles. The Morgan fingerprint density at radius 2 is 1.95 bits per heavy atom.